The quantitative estimate of drug-likeness (QED) is 0.604. The number of alkyl halides is 1. The molecule has 0 bridgehead atoms. The lowest BCUT2D eigenvalue weighted by atomic mass is 9.43. The van der Waals surface area contributed by atoms with Crippen LogP contribution in [0.4, 0.5) is 4.39 Å². The molecule has 3 N–H and O–H groups in total. The lowest BCUT2D eigenvalue weighted by Crippen LogP contribution is -2.69. The number of aliphatic hydroxyl groups is 3. The van der Waals surface area contributed by atoms with Crippen LogP contribution >= 0.6 is 0 Å². The highest BCUT2D eigenvalue weighted by molar-refractivity contribution is 6.01. The van der Waals surface area contributed by atoms with Crippen LogP contribution in [0.2, 0.25) is 0 Å². The lowest BCUT2D eigenvalue weighted by molar-refractivity contribution is -0.219. The van der Waals surface area contributed by atoms with Gasteiger partial charge in [0.1, 0.15) is 5.60 Å². The Labute approximate surface area is 178 Å². The predicted octanol–water partition coefficient (Wildman–Crippen LogP) is 2.92. The van der Waals surface area contributed by atoms with Gasteiger partial charge in [0.2, 0.25) is 0 Å². The summed E-state index contributed by atoms with van der Waals surface area (Å²) < 4.78 is 16.9. The van der Waals surface area contributed by atoms with Crippen molar-refractivity contribution < 1.29 is 29.3 Å². The van der Waals surface area contributed by atoms with Crippen molar-refractivity contribution in [1.29, 1.82) is 0 Å². The number of ketones is 2. The summed E-state index contributed by atoms with van der Waals surface area (Å²) in [7, 11) is 0. The van der Waals surface area contributed by atoms with Crippen LogP contribution < -0.4 is 0 Å². The van der Waals surface area contributed by atoms with Crippen LogP contribution in [0.15, 0.2) is 23.8 Å². The number of allylic oxidation sites excluding steroid dienone is 4. The summed E-state index contributed by atoms with van der Waals surface area (Å²) in [5.41, 5.74) is -4.59. The predicted molar refractivity (Wildman–Crippen MR) is 111 cm³/mol. The Morgan fingerprint density at radius 3 is 2.47 bits per heavy atom. The summed E-state index contributed by atoms with van der Waals surface area (Å²) in [5, 5.41) is 29.8. The number of hydrogen-bond donors (Lipinski definition) is 3. The molecule has 0 aliphatic heterocycles. The lowest BCUT2D eigenvalue weighted by Gasteiger charge is -2.63. The normalized spacial score (nSPS) is 49.2. The molecule has 0 radical (unpaired) electrons. The monoisotopic (exact) mass is 422 g/mol. The fourth-order valence-corrected chi connectivity index (χ4v) is 7.18. The van der Waals surface area contributed by atoms with E-state index in [9.17, 15) is 19.8 Å². The van der Waals surface area contributed by atoms with Crippen molar-refractivity contribution in [3.8, 4) is 0 Å². The smallest absolute Gasteiger partial charge is 0.178 e. The first-order valence-electron chi connectivity index (χ1n) is 11.0. The second-order valence-electron chi connectivity index (χ2n) is 10.1. The minimum absolute atomic E-state index is 0.00153. The zero-order valence-electron chi connectivity index (χ0n) is 18.6. The summed E-state index contributed by atoms with van der Waals surface area (Å²) >= 11 is 0. The molecule has 4 rings (SSSR count). The summed E-state index contributed by atoms with van der Waals surface area (Å²) in [5.74, 6) is -1.11. The molecule has 4 aliphatic carbocycles. The maximum Gasteiger partial charge on any atom is 0.178 e. The number of halogens is 1. The van der Waals surface area contributed by atoms with Crippen molar-refractivity contribution in [3.05, 3.63) is 23.8 Å². The fourth-order valence-electron chi connectivity index (χ4n) is 7.18. The summed E-state index contributed by atoms with van der Waals surface area (Å²) in [4.78, 5) is 24.2. The van der Waals surface area contributed by atoms with Gasteiger partial charge in [0, 0.05) is 23.4 Å². The standard InChI is InChI=1S/C22H29FO4.C2H6O/c1-12-9-17-15-6-8-21(27,13(2)24)20(15,4)11-18(26)22(17,23)19(3)7-5-14(25)10-16(12)19;1-2-3/h5,7,10,12,15,17-18,26-27H,6,8-9,11H2,1-4H3;3H,2H2,1H3/t12-,15-,17-,18-,19-,20-,21-,22-;/m0./s1. The Bertz CT molecular complexity index is 805. The molecular weight excluding hydrogens is 387 g/mol. The fraction of sp³-hybridized carbons (Fsp3) is 0.750. The summed E-state index contributed by atoms with van der Waals surface area (Å²) in [6.45, 7) is 8.94. The van der Waals surface area contributed by atoms with Crippen molar-refractivity contribution in [2.24, 2.45) is 28.6 Å². The highest BCUT2D eigenvalue weighted by Gasteiger charge is 2.74. The molecule has 8 atom stereocenters. The Hall–Kier alpha value is -1.37. The third kappa shape index (κ3) is 2.76. The Morgan fingerprint density at radius 2 is 1.90 bits per heavy atom. The molecule has 6 heteroatoms. The van der Waals surface area contributed by atoms with Crippen molar-refractivity contribution in [2.45, 2.75) is 77.7 Å². The first-order chi connectivity index (χ1) is 13.8. The van der Waals surface area contributed by atoms with Crippen LogP contribution in [-0.4, -0.2) is 50.9 Å². The molecule has 3 saturated carbocycles. The van der Waals surface area contributed by atoms with Gasteiger partial charge < -0.3 is 15.3 Å². The second-order valence-corrected chi connectivity index (χ2v) is 10.1. The summed E-state index contributed by atoms with van der Waals surface area (Å²) in [6.07, 6.45) is 4.68. The van der Waals surface area contributed by atoms with Crippen molar-refractivity contribution in [3.63, 3.8) is 0 Å². The minimum atomic E-state index is -1.92. The molecule has 0 amide bonds. The molecule has 168 valence electrons. The molecule has 0 aromatic rings. The molecule has 0 heterocycles. The number of carbonyl (C=O) groups is 2. The molecule has 0 aromatic carbocycles. The highest BCUT2D eigenvalue weighted by Crippen LogP contribution is 2.70. The van der Waals surface area contributed by atoms with Gasteiger partial charge in [-0.15, -0.1) is 0 Å². The van der Waals surface area contributed by atoms with Gasteiger partial charge in [0.15, 0.2) is 17.2 Å². The third-order valence-electron chi connectivity index (χ3n) is 8.70. The van der Waals surface area contributed by atoms with E-state index in [2.05, 4.69) is 0 Å². The average Bonchev–Trinajstić information content (AvgIpc) is 2.92. The number of Topliss-reactive ketones (excluding diaryl/α,β-unsaturated/α-hetero) is 1. The van der Waals surface area contributed by atoms with Crippen LogP contribution in [0, 0.1) is 28.6 Å². The topological polar surface area (TPSA) is 94.8 Å². The number of rotatable bonds is 1. The van der Waals surface area contributed by atoms with Gasteiger partial charge in [-0.3, -0.25) is 9.59 Å². The maximum atomic E-state index is 16.9. The molecular formula is C24H35FO5. The van der Waals surface area contributed by atoms with Gasteiger partial charge in [0.05, 0.1) is 6.10 Å². The van der Waals surface area contributed by atoms with Crippen LogP contribution in [0.3, 0.4) is 0 Å². The highest BCUT2D eigenvalue weighted by atomic mass is 19.1. The van der Waals surface area contributed by atoms with Crippen molar-refractivity contribution >= 4 is 11.6 Å². The van der Waals surface area contributed by atoms with Gasteiger partial charge in [0.25, 0.3) is 0 Å². The van der Waals surface area contributed by atoms with E-state index in [4.69, 9.17) is 5.11 Å². The Kier molecular flexibility index (Phi) is 5.71. The first kappa shape index (κ1) is 23.3. The Balaban J connectivity index is 0.000000806. The molecule has 0 unspecified atom stereocenters. The first-order valence-corrected chi connectivity index (χ1v) is 11.0. The number of hydrogen-bond acceptors (Lipinski definition) is 5. The van der Waals surface area contributed by atoms with E-state index in [1.54, 1.807) is 19.9 Å². The molecule has 3 fully saturated rings. The van der Waals surface area contributed by atoms with E-state index in [1.807, 2.05) is 13.8 Å². The van der Waals surface area contributed by atoms with Crippen LogP contribution in [-0.2, 0) is 9.59 Å². The largest absolute Gasteiger partial charge is 0.397 e. The van der Waals surface area contributed by atoms with Gasteiger partial charge >= 0.3 is 0 Å². The number of carbonyl (C=O) groups excluding carboxylic acids is 2. The molecule has 4 aliphatic rings. The number of aliphatic hydroxyl groups excluding tert-OH is 2. The van der Waals surface area contributed by atoms with Gasteiger partial charge in [-0.25, -0.2) is 4.39 Å². The second kappa shape index (κ2) is 7.35. The average molecular weight is 423 g/mol. The van der Waals surface area contributed by atoms with E-state index in [0.29, 0.717) is 19.3 Å². The van der Waals surface area contributed by atoms with Crippen molar-refractivity contribution in [1.82, 2.24) is 0 Å². The van der Waals surface area contributed by atoms with E-state index in [-0.39, 0.29) is 36.4 Å². The van der Waals surface area contributed by atoms with Crippen LogP contribution in [0.25, 0.3) is 0 Å². The summed E-state index contributed by atoms with van der Waals surface area (Å²) in [6, 6.07) is 0. The van der Waals surface area contributed by atoms with Crippen LogP contribution in [0.1, 0.15) is 60.3 Å². The zero-order chi connectivity index (χ0) is 22.7. The molecule has 0 saturated heterocycles. The molecule has 0 spiro atoms. The SMILES string of the molecule is CC(=O)[C@@]1(O)CC[C@H]2[C@@H]3C[C@H](C)C4=CC(=O)C=C[C@]4(C)[C@@]3(F)[C@@H](O)C[C@@]21C.CCO. The van der Waals surface area contributed by atoms with Crippen molar-refractivity contribution in [2.75, 3.05) is 6.61 Å². The Morgan fingerprint density at radius 1 is 1.30 bits per heavy atom. The van der Waals surface area contributed by atoms with Gasteiger partial charge in [-0.05, 0) is 70.4 Å². The third-order valence-corrected chi connectivity index (χ3v) is 8.70. The molecule has 5 nitrogen and oxygen atoms in total. The van der Waals surface area contributed by atoms with E-state index in [0.717, 1.165) is 5.57 Å². The molecule has 30 heavy (non-hydrogen) atoms. The van der Waals surface area contributed by atoms with Crippen LogP contribution in [0.5, 0.6) is 0 Å². The van der Waals surface area contributed by atoms with Gasteiger partial charge in [-0.1, -0.05) is 25.5 Å². The number of fused-ring (bicyclic) bond motifs is 5. The molecule has 0 aromatic heterocycles. The van der Waals surface area contributed by atoms with Gasteiger partial charge in [-0.2, -0.15) is 0 Å². The minimum Gasteiger partial charge on any atom is -0.397 e. The zero-order valence-corrected chi connectivity index (χ0v) is 18.6. The van der Waals surface area contributed by atoms with E-state index >= 15 is 4.39 Å². The van der Waals surface area contributed by atoms with E-state index < -0.39 is 34.1 Å². The maximum absolute atomic E-state index is 16.9. The van der Waals surface area contributed by atoms with E-state index in [1.165, 1.54) is 19.1 Å².